The zero-order valence-corrected chi connectivity index (χ0v) is 14.4. The number of hydrogen-bond donors (Lipinski definition) is 2. The molecule has 0 unspecified atom stereocenters. The van der Waals surface area contributed by atoms with Gasteiger partial charge in [-0.25, -0.2) is 4.79 Å². The molecule has 1 saturated heterocycles. The van der Waals surface area contributed by atoms with E-state index in [-0.39, 0.29) is 18.0 Å². The predicted octanol–water partition coefficient (Wildman–Crippen LogP) is 1.84. The summed E-state index contributed by atoms with van der Waals surface area (Å²) in [5.74, 6) is 0.618. The zero-order valence-electron chi connectivity index (χ0n) is 14.4. The van der Waals surface area contributed by atoms with Crippen molar-refractivity contribution in [3.63, 3.8) is 0 Å². The summed E-state index contributed by atoms with van der Waals surface area (Å²) in [5.41, 5.74) is 1.24. The summed E-state index contributed by atoms with van der Waals surface area (Å²) in [6, 6.07) is 10.6. The van der Waals surface area contributed by atoms with Crippen molar-refractivity contribution >= 4 is 17.6 Å². The Morgan fingerprint density at radius 3 is 2.84 bits per heavy atom. The first-order valence-electron chi connectivity index (χ1n) is 8.19. The number of urea groups is 1. The molecule has 3 amide bonds. The van der Waals surface area contributed by atoms with Gasteiger partial charge in [0.05, 0.1) is 12.3 Å². The Kier molecular flexibility index (Phi) is 5.04. The minimum Gasteiger partial charge on any atom is -0.468 e. The third-order valence-electron chi connectivity index (χ3n) is 4.23. The number of amides is 3. The summed E-state index contributed by atoms with van der Waals surface area (Å²) in [5, 5.41) is 5.69. The van der Waals surface area contributed by atoms with Gasteiger partial charge in [-0.05, 0) is 44.4 Å². The molecule has 0 aliphatic carbocycles. The molecule has 1 fully saturated rings. The van der Waals surface area contributed by atoms with Crippen LogP contribution in [0.25, 0.3) is 0 Å². The number of carbonyl (C=O) groups is 2. The molecule has 1 aliphatic rings. The molecule has 3 rings (SSSR count). The minimum atomic E-state index is -0.181. The molecule has 2 aromatic rings. The predicted molar refractivity (Wildman–Crippen MR) is 94.7 cm³/mol. The minimum absolute atomic E-state index is 0.0495. The monoisotopic (exact) mass is 342 g/mol. The molecule has 1 aromatic carbocycles. The van der Waals surface area contributed by atoms with Crippen LogP contribution < -0.4 is 15.5 Å². The van der Waals surface area contributed by atoms with Gasteiger partial charge in [-0.2, -0.15) is 0 Å². The largest absolute Gasteiger partial charge is 0.468 e. The smallest absolute Gasteiger partial charge is 0.321 e. The number of furan rings is 1. The van der Waals surface area contributed by atoms with E-state index in [1.165, 1.54) is 0 Å². The van der Waals surface area contributed by atoms with Crippen LogP contribution in [0.3, 0.4) is 0 Å². The van der Waals surface area contributed by atoms with E-state index in [1.54, 1.807) is 29.4 Å². The molecule has 0 radical (unpaired) electrons. The molecule has 7 heteroatoms. The average Bonchev–Trinajstić information content (AvgIpc) is 3.26. The molecule has 0 bridgehead atoms. The second-order valence-electron chi connectivity index (χ2n) is 6.14. The summed E-state index contributed by atoms with van der Waals surface area (Å²) >= 11 is 0. The maximum absolute atomic E-state index is 12.5. The van der Waals surface area contributed by atoms with E-state index in [9.17, 15) is 9.59 Å². The summed E-state index contributed by atoms with van der Waals surface area (Å²) in [4.78, 5) is 27.9. The molecule has 1 aliphatic heterocycles. The van der Waals surface area contributed by atoms with Gasteiger partial charge in [0, 0.05) is 30.9 Å². The highest BCUT2D eigenvalue weighted by atomic mass is 16.3. The molecule has 1 atom stereocenters. The summed E-state index contributed by atoms with van der Waals surface area (Å²) in [6.45, 7) is 1.64. The quantitative estimate of drug-likeness (QED) is 0.840. The molecule has 0 spiro atoms. The maximum Gasteiger partial charge on any atom is 0.321 e. The lowest BCUT2D eigenvalue weighted by Crippen LogP contribution is -2.34. The van der Waals surface area contributed by atoms with Crippen LogP contribution in [-0.4, -0.2) is 50.6 Å². The van der Waals surface area contributed by atoms with Gasteiger partial charge in [-0.15, -0.1) is 0 Å². The fourth-order valence-corrected chi connectivity index (χ4v) is 2.84. The van der Waals surface area contributed by atoms with Crippen molar-refractivity contribution in [2.45, 2.75) is 6.04 Å². The lowest BCUT2D eigenvalue weighted by Gasteiger charge is -2.22. The third kappa shape index (κ3) is 3.83. The molecule has 0 saturated carbocycles. The normalized spacial score (nSPS) is 15.3. The first kappa shape index (κ1) is 17.0. The maximum atomic E-state index is 12.5. The van der Waals surface area contributed by atoms with Crippen molar-refractivity contribution in [1.29, 1.82) is 0 Å². The number of likely N-dealkylation sites (N-methyl/N-ethyl adjacent to an activating group) is 1. The number of rotatable bonds is 6. The van der Waals surface area contributed by atoms with Gasteiger partial charge in [-0.3, -0.25) is 14.6 Å². The highest BCUT2D eigenvalue weighted by Crippen LogP contribution is 2.20. The van der Waals surface area contributed by atoms with Crippen molar-refractivity contribution in [2.75, 3.05) is 38.6 Å². The number of anilines is 1. The van der Waals surface area contributed by atoms with Gasteiger partial charge >= 0.3 is 6.03 Å². The molecule has 1 aromatic heterocycles. The summed E-state index contributed by atoms with van der Waals surface area (Å²) in [7, 11) is 3.87. The molecular weight excluding hydrogens is 320 g/mol. The molecule has 7 nitrogen and oxygen atoms in total. The average molecular weight is 342 g/mol. The zero-order chi connectivity index (χ0) is 17.8. The third-order valence-corrected chi connectivity index (χ3v) is 4.23. The molecule has 132 valence electrons. The van der Waals surface area contributed by atoms with Crippen LogP contribution in [0.5, 0.6) is 0 Å². The lowest BCUT2D eigenvalue weighted by molar-refractivity contribution is 0.0939. The van der Waals surface area contributed by atoms with Gasteiger partial charge in [0.15, 0.2) is 0 Å². The van der Waals surface area contributed by atoms with Crippen LogP contribution in [0.4, 0.5) is 10.5 Å². The van der Waals surface area contributed by atoms with Crippen molar-refractivity contribution < 1.29 is 14.0 Å². The van der Waals surface area contributed by atoms with Crippen molar-refractivity contribution in [3.8, 4) is 0 Å². The first-order chi connectivity index (χ1) is 12.1. The van der Waals surface area contributed by atoms with Crippen LogP contribution in [-0.2, 0) is 0 Å². The van der Waals surface area contributed by atoms with E-state index in [0.717, 1.165) is 11.4 Å². The van der Waals surface area contributed by atoms with E-state index in [4.69, 9.17) is 4.42 Å². The summed E-state index contributed by atoms with van der Waals surface area (Å²) < 4.78 is 5.45. The van der Waals surface area contributed by atoms with Crippen LogP contribution >= 0.6 is 0 Å². The van der Waals surface area contributed by atoms with Crippen LogP contribution in [0.2, 0.25) is 0 Å². The van der Waals surface area contributed by atoms with Gasteiger partial charge in [0.25, 0.3) is 5.91 Å². The second-order valence-corrected chi connectivity index (χ2v) is 6.14. The second kappa shape index (κ2) is 7.40. The number of nitrogens with one attached hydrogen (secondary N) is 2. The number of benzene rings is 1. The fraction of sp³-hybridized carbons (Fsp3) is 0.333. The Morgan fingerprint density at radius 1 is 1.36 bits per heavy atom. The van der Waals surface area contributed by atoms with Gasteiger partial charge in [0.2, 0.25) is 0 Å². The Bertz CT molecular complexity index is 743. The Balaban J connectivity index is 1.68. The van der Waals surface area contributed by atoms with Crippen molar-refractivity contribution in [3.05, 3.63) is 54.0 Å². The standard InChI is InChI=1S/C18H22N4O3/c1-21(2)15(16-7-4-10-25-16)12-20-17(23)13-5-3-6-14(11-13)22-9-8-19-18(22)24/h3-7,10-11,15H,8-9,12H2,1-2H3,(H,19,24)(H,20,23)/t15-/m0/s1. The van der Waals surface area contributed by atoms with E-state index >= 15 is 0 Å². The van der Waals surface area contributed by atoms with Crippen LogP contribution in [0, 0.1) is 0 Å². The fourth-order valence-electron chi connectivity index (χ4n) is 2.84. The van der Waals surface area contributed by atoms with Crippen molar-refractivity contribution in [2.24, 2.45) is 0 Å². The highest BCUT2D eigenvalue weighted by Gasteiger charge is 2.22. The van der Waals surface area contributed by atoms with Crippen LogP contribution in [0.1, 0.15) is 22.2 Å². The highest BCUT2D eigenvalue weighted by molar-refractivity contribution is 5.98. The SMILES string of the molecule is CN(C)[C@@H](CNC(=O)c1cccc(N2CCNC2=O)c1)c1ccco1. The first-order valence-corrected chi connectivity index (χ1v) is 8.19. The molecule has 2 N–H and O–H groups in total. The Morgan fingerprint density at radius 2 is 2.20 bits per heavy atom. The molecule has 25 heavy (non-hydrogen) atoms. The Hall–Kier alpha value is -2.80. The number of carbonyl (C=O) groups excluding carboxylic acids is 2. The number of hydrogen-bond acceptors (Lipinski definition) is 4. The van der Waals surface area contributed by atoms with Crippen molar-refractivity contribution in [1.82, 2.24) is 15.5 Å². The summed E-state index contributed by atoms with van der Waals surface area (Å²) in [6.07, 6.45) is 1.62. The van der Waals surface area contributed by atoms with E-state index < -0.39 is 0 Å². The topological polar surface area (TPSA) is 77.8 Å². The van der Waals surface area contributed by atoms with Gasteiger partial charge in [-0.1, -0.05) is 6.07 Å². The molecular formula is C18H22N4O3. The lowest BCUT2D eigenvalue weighted by atomic mass is 10.1. The Labute approximate surface area is 146 Å². The van der Waals surface area contributed by atoms with Gasteiger partial charge < -0.3 is 15.1 Å². The van der Waals surface area contributed by atoms with Crippen LogP contribution in [0.15, 0.2) is 47.1 Å². The number of nitrogens with zero attached hydrogens (tertiary/aromatic N) is 2. The van der Waals surface area contributed by atoms with E-state index in [1.807, 2.05) is 37.2 Å². The van der Waals surface area contributed by atoms with E-state index in [0.29, 0.717) is 25.2 Å². The van der Waals surface area contributed by atoms with Gasteiger partial charge in [0.1, 0.15) is 5.76 Å². The molecule has 2 heterocycles. The van der Waals surface area contributed by atoms with E-state index in [2.05, 4.69) is 10.6 Å².